The first-order chi connectivity index (χ1) is 14.6. The van der Waals surface area contributed by atoms with E-state index < -0.39 is 6.04 Å². The lowest BCUT2D eigenvalue weighted by Gasteiger charge is -2.44. The smallest absolute Gasteiger partial charge is 0.255 e. The molecule has 7 heteroatoms. The molecule has 3 amide bonds. The first-order valence-corrected chi connectivity index (χ1v) is 11.3. The van der Waals surface area contributed by atoms with E-state index in [4.69, 9.17) is 0 Å². The van der Waals surface area contributed by atoms with Gasteiger partial charge in [-0.3, -0.25) is 24.6 Å². The Morgan fingerprint density at radius 1 is 1.03 bits per heavy atom. The molecule has 1 aromatic rings. The van der Waals surface area contributed by atoms with Crippen LogP contribution in [0.5, 0.6) is 0 Å². The number of carbonyl (C=O) groups is 3. The minimum Gasteiger partial charge on any atom is -0.322 e. The average Bonchev–Trinajstić information content (AvgIpc) is 3.04. The molecular formula is C23H30N4O3. The third kappa shape index (κ3) is 3.54. The van der Waals surface area contributed by atoms with E-state index in [1.54, 1.807) is 4.90 Å². The van der Waals surface area contributed by atoms with Crippen molar-refractivity contribution in [3.05, 3.63) is 34.9 Å². The van der Waals surface area contributed by atoms with E-state index >= 15 is 0 Å². The molecule has 4 aliphatic rings. The van der Waals surface area contributed by atoms with Gasteiger partial charge in [0.2, 0.25) is 11.8 Å². The number of benzene rings is 1. The summed E-state index contributed by atoms with van der Waals surface area (Å²) in [6, 6.07) is 6.61. The lowest BCUT2D eigenvalue weighted by atomic mass is 9.88. The molecule has 2 unspecified atom stereocenters. The Hall–Kier alpha value is -2.25. The standard InChI is InChI=1S/C23H30N4O3/c28-21-10-9-20(22(29)25-21)27-14-19-15(4-1-8-18(19)23(27)30)13-26(16-5-2-6-16)17-7-3-11-24-12-17/h1,4,8,16-17,20,24H,2-3,5-7,9-14H2,(H,25,28,29). The molecule has 0 bridgehead atoms. The van der Waals surface area contributed by atoms with Crippen LogP contribution in [0.15, 0.2) is 18.2 Å². The van der Waals surface area contributed by atoms with Gasteiger partial charge >= 0.3 is 0 Å². The van der Waals surface area contributed by atoms with E-state index in [-0.39, 0.29) is 24.1 Å². The van der Waals surface area contributed by atoms with Gasteiger partial charge in [0.15, 0.2) is 0 Å². The van der Waals surface area contributed by atoms with E-state index in [1.807, 2.05) is 12.1 Å². The summed E-state index contributed by atoms with van der Waals surface area (Å²) < 4.78 is 0. The maximum absolute atomic E-state index is 13.1. The molecule has 5 rings (SSSR count). The summed E-state index contributed by atoms with van der Waals surface area (Å²) in [7, 11) is 0. The van der Waals surface area contributed by atoms with Crippen molar-refractivity contribution in [2.24, 2.45) is 0 Å². The molecule has 7 nitrogen and oxygen atoms in total. The Labute approximate surface area is 177 Å². The summed E-state index contributed by atoms with van der Waals surface area (Å²) in [4.78, 5) is 41.3. The van der Waals surface area contributed by atoms with Gasteiger partial charge < -0.3 is 10.2 Å². The molecule has 1 saturated carbocycles. The molecular weight excluding hydrogens is 380 g/mol. The summed E-state index contributed by atoms with van der Waals surface area (Å²) in [6.45, 7) is 3.45. The second-order valence-electron chi connectivity index (χ2n) is 9.10. The molecule has 160 valence electrons. The summed E-state index contributed by atoms with van der Waals surface area (Å²) in [6.07, 6.45) is 6.94. The number of hydrogen-bond acceptors (Lipinski definition) is 5. The fourth-order valence-electron chi connectivity index (χ4n) is 5.39. The third-order valence-corrected chi connectivity index (χ3v) is 7.32. The van der Waals surface area contributed by atoms with Gasteiger partial charge in [-0.15, -0.1) is 0 Å². The molecule has 3 aliphatic heterocycles. The fourth-order valence-corrected chi connectivity index (χ4v) is 5.39. The zero-order valence-electron chi connectivity index (χ0n) is 17.4. The highest BCUT2D eigenvalue weighted by Gasteiger charge is 2.40. The number of carbonyl (C=O) groups excluding carboxylic acids is 3. The van der Waals surface area contributed by atoms with Crippen molar-refractivity contribution in [2.45, 2.75) is 76.2 Å². The molecule has 2 saturated heterocycles. The van der Waals surface area contributed by atoms with E-state index in [9.17, 15) is 14.4 Å². The zero-order valence-corrected chi connectivity index (χ0v) is 17.4. The predicted octanol–water partition coefficient (Wildman–Crippen LogP) is 1.55. The van der Waals surface area contributed by atoms with Crippen LogP contribution in [-0.4, -0.2) is 58.7 Å². The van der Waals surface area contributed by atoms with Gasteiger partial charge in [0.05, 0.1) is 0 Å². The lowest BCUT2D eigenvalue weighted by molar-refractivity contribution is -0.136. The second kappa shape index (κ2) is 8.12. The Bertz CT molecular complexity index is 860. The first-order valence-electron chi connectivity index (χ1n) is 11.3. The van der Waals surface area contributed by atoms with Gasteiger partial charge in [-0.2, -0.15) is 0 Å². The molecule has 2 atom stereocenters. The predicted molar refractivity (Wildman–Crippen MR) is 112 cm³/mol. The van der Waals surface area contributed by atoms with Crippen molar-refractivity contribution in [2.75, 3.05) is 13.1 Å². The maximum Gasteiger partial charge on any atom is 0.255 e. The van der Waals surface area contributed by atoms with Crippen molar-refractivity contribution >= 4 is 17.7 Å². The Morgan fingerprint density at radius 2 is 1.87 bits per heavy atom. The van der Waals surface area contributed by atoms with Crippen molar-refractivity contribution < 1.29 is 14.4 Å². The van der Waals surface area contributed by atoms with Gasteiger partial charge in [-0.1, -0.05) is 18.6 Å². The highest BCUT2D eigenvalue weighted by Crippen LogP contribution is 2.34. The van der Waals surface area contributed by atoms with Crippen LogP contribution in [0.4, 0.5) is 0 Å². The van der Waals surface area contributed by atoms with Crippen LogP contribution >= 0.6 is 0 Å². The zero-order chi connectivity index (χ0) is 20.7. The SMILES string of the molecule is O=C1CCC(N2Cc3c(CN(C4CCC4)C4CCCNC4)cccc3C2=O)C(=O)N1. The van der Waals surface area contributed by atoms with E-state index in [0.717, 1.165) is 25.2 Å². The number of rotatable bonds is 5. The normalized spacial score (nSPS) is 27.2. The van der Waals surface area contributed by atoms with Crippen LogP contribution in [0.1, 0.15) is 66.4 Å². The van der Waals surface area contributed by atoms with Crippen LogP contribution in [0.3, 0.4) is 0 Å². The Kier molecular flexibility index (Phi) is 5.33. The minimum absolute atomic E-state index is 0.0872. The third-order valence-electron chi connectivity index (χ3n) is 7.32. The van der Waals surface area contributed by atoms with Crippen molar-refractivity contribution in [1.29, 1.82) is 0 Å². The number of fused-ring (bicyclic) bond motifs is 1. The largest absolute Gasteiger partial charge is 0.322 e. The molecule has 0 spiro atoms. The molecule has 1 aliphatic carbocycles. The van der Waals surface area contributed by atoms with Gasteiger partial charge in [0.25, 0.3) is 5.91 Å². The quantitative estimate of drug-likeness (QED) is 0.720. The molecule has 3 fully saturated rings. The summed E-state index contributed by atoms with van der Waals surface area (Å²) >= 11 is 0. The number of amides is 3. The van der Waals surface area contributed by atoms with Gasteiger partial charge in [-0.05, 0) is 55.8 Å². The topological polar surface area (TPSA) is 81.8 Å². The van der Waals surface area contributed by atoms with Crippen molar-refractivity contribution in [3.63, 3.8) is 0 Å². The minimum atomic E-state index is -0.555. The molecule has 2 N–H and O–H groups in total. The van der Waals surface area contributed by atoms with Crippen molar-refractivity contribution in [1.82, 2.24) is 20.4 Å². The number of piperidine rings is 2. The van der Waals surface area contributed by atoms with Crippen molar-refractivity contribution in [3.8, 4) is 0 Å². The van der Waals surface area contributed by atoms with E-state index in [1.165, 1.54) is 37.7 Å². The Morgan fingerprint density at radius 3 is 2.57 bits per heavy atom. The first kappa shape index (κ1) is 19.7. The van der Waals surface area contributed by atoms with Gasteiger partial charge in [-0.25, -0.2) is 0 Å². The highest BCUT2D eigenvalue weighted by molar-refractivity contribution is 6.05. The maximum atomic E-state index is 13.1. The second-order valence-corrected chi connectivity index (χ2v) is 9.10. The molecule has 30 heavy (non-hydrogen) atoms. The summed E-state index contributed by atoms with van der Waals surface area (Å²) in [5.41, 5.74) is 2.97. The van der Waals surface area contributed by atoms with Crippen LogP contribution in [0, 0.1) is 0 Å². The van der Waals surface area contributed by atoms with E-state index in [0.29, 0.717) is 30.6 Å². The van der Waals surface area contributed by atoms with Crippen LogP contribution in [0.25, 0.3) is 0 Å². The van der Waals surface area contributed by atoms with Crippen LogP contribution in [-0.2, 0) is 22.7 Å². The number of nitrogens with zero attached hydrogens (tertiary/aromatic N) is 2. The lowest BCUT2D eigenvalue weighted by Crippen LogP contribution is -2.52. The van der Waals surface area contributed by atoms with Gasteiger partial charge in [0, 0.05) is 43.7 Å². The number of hydrogen-bond donors (Lipinski definition) is 2. The summed E-state index contributed by atoms with van der Waals surface area (Å²) in [5, 5.41) is 5.93. The average molecular weight is 411 g/mol. The highest BCUT2D eigenvalue weighted by atomic mass is 16.2. The fraction of sp³-hybridized carbons (Fsp3) is 0.609. The van der Waals surface area contributed by atoms with Crippen LogP contribution < -0.4 is 10.6 Å². The Balaban J connectivity index is 1.38. The van der Waals surface area contributed by atoms with Crippen LogP contribution in [0.2, 0.25) is 0 Å². The molecule has 0 aromatic heterocycles. The molecule has 1 aromatic carbocycles. The molecule has 0 radical (unpaired) electrons. The van der Waals surface area contributed by atoms with Gasteiger partial charge in [0.1, 0.15) is 6.04 Å². The summed E-state index contributed by atoms with van der Waals surface area (Å²) in [5.74, 6) is -0.687. The van der Waals surface area contributed by atoms with E-state index in [2.05, 4.69) is 21.6 Å². The number of imide groups is 1. The monoisotopic (exact) mass is 410 g/mol. The number of nitrogens with one attached hydrogen (secondary N) is 2. The molecule has 3 heterocycles.